The first-order valence-electron chi connectivity index (χ1n) is 5.98. The van der Waals surface area contributed by atoms with Crippen molar-refractivity contribution in [1.82, 2.24) is 0 Å². The summed E-state index contributed by atoms with van der Waals surface area (Å²) in [4.78, 5) is 23.7. The van der Waals surface area contributed by atoms with Crippen molar-refractivity contribution in [1.29, 1.82) is 0 Å². The topological polar surface area (TPSA) is 78.6 Å². The van der Waals surface area contributed by atoms with Gasteiger partial charge in [0, 0.05) is 5.69 Å². The first-order chi connectivity index (χ1) is 9.54. The van der Waals surface area contributed by atoms with Crippen molar-refractivity contribution in [2.45, 2.75) is 12.8 Å². The molecule has 0 spiro atoms. The Morgan fingerprint density at radius 1 is 1.10 bits per heavy atom. The normalized spacial score (nSPS) is 11.2. The molecule has 0 bridgehead atoms. The van der Waals surface area contributed by atoms with E-state index in [1.165, 1.54) is 14.2 Å². The van der Waals surface area contributed by atoms with Crippen LogP contribution in [0.25, 0.3) is 0 Å². The van der Waals surface area contributed by atoms with Gasteiger partial charge in [-0.25, -0.2) is 0 Å². The van der Waals surface area contributed by atoms with Crippen LogP contribution in [0.2, 0.25) is 0 Å². The van der Waals surface area contributed by atoms with Crippen LogP contribution in [-0.2, 0) is 19.1 Å². The average molecular weight is 275 g/mol. The lowest BCUT2D eigenvalue weighted by Crippen LogP contribution is -2.31. The molecule has 1 aromatic carbocycles. The fraction of sp³-hybridized carbons (Fsp3) is 0.333. The molecule has 106 valence electrons. The Labute approximate surface area is 118 Å². The fourth-order valence-electron chi connectivity index (χ4n) is 1.84. The van der Waals surface area contributed by atoms with E-state index in [-0.39, 0.29) is 0 Å². The molecule has 0 aliphatic rings. The van der Waals surface area contributed by atoms with Gasteiger partial charge in [-0.1, -0.05) is 18.1 Å². The fourth-order valence-corrected chi connectivity index (χ4v) is 1.84. The van der Waals surface area contributed by atoms with Crippen molar-refractivity contribution in [2.75, 3.05) is 20.0 Å². The number of methoxy groups -OCH3 is 2. The minimum absolute atomic E-state index is 0.588. The Kier molecular flexibility index (Phi) is 5.60. The Morgan fingerprint density at radius 2 is 1.60 bits per heavy atom. The zero-order valence-electron chi connectivity index (χ0n) is 11.7. The van der Waals surface area contributed by atoms with Crippen LogP contribution in [0.5, 0.6) is 0 Å². The number of carbonyl (C=O) groups is 2. The van der Waals surface area contributed by atoms with Crippen LogP contribution in [-0.4, -0.2) is 26.2 Å². The summed E-state index contributed by atoms with van der Waals surface area (Å²) in [5.41, 5.74) is 6.92. The predicted molar refractivity (Wildman–Crippen MR) is 74.6 cm³/mol. The number of hydrogen-bond acceptors (Lipinski definition) is 5. The Morgan fingerprint density at radius 3 is 2.00 bits per heavy atom. The van der Waals surface area contributed by atoms with Gasteiger partial charge in [0.25, 0.3) is 0 Å². The van der Waals surface area contributed by atoms with Crippen LogP contribution >= 0.6 is 0 Å². The van der Waals surface area contributed by atoms with Crippen LogP contribution < -0.4 is 5.73 Å². The van der Waals surface area contributed by atoms with Gasteiger partial charge in [-0.3, -0.25) is 9.59 Å². The molecular formula is C15H17NO4. The van der Waals surface area contributed by atoms with Crippen LogP contribution in [0.15, 0.2) is 24.3 Å². The van der Waals surface area contributed by atoms with Crippen molar-refractivity contribution in [3.63, 3.8) is 0 Å². The van der Waals surface area contributed by atoms with Gasteiger partial charge in [0.1, 0.15) is 0 Å². The van der Waals surface area contributed by atoms with E-state index in [1.54, 1.807) is 31.2 Å². The maximum atomic E-state index is 11.9. The lowest BCUT2D eigenvalue weighted by molar-refractivity contribution is -0.159. The number of carbonyl (C=O) groups excluding carboxylic acids is 2. The van der Waals surface area contributed by atoms with Crippen LogP contribution in [0.4, 0.5) is 5.69 Å². The van der Waals surface area contributed by atoms with Crippen LogP contribution in [0, 0.1) is 17.8 Å². The first kappa shape index (κ1) is 15.6. The highest BCUT2D eigenvalue weighted by Crippen LogP contribution is 2.27. The highest BCUT2D eigenvalue weighted by atomic mass is 16.5. The number of ether oxygens (including phenoxy) is 2. The second kappa shape index (κ2) is 7.19. The maximum Gasteiger partial charge on any atom is 0.321 e. The molecule has 0 amide bonds. The van der Waals surface area contributed by atoms with E-state index in [0.29, 0.717) is 11.3 Å². The number of esters is 2. The molecular weight excluding hydrogens is 258 g/mol. The number of anilines is 1. The van der Waals surface area contributed by atoms with Gasteiger partial charge >= 0.3 is 11.9 Å². The van der Waals surface area contributed by atoms with E-state index >= 15 is 0 Å². The molecule has 1 rings (SSSR count). The molecule has 0 unspecified atom stereocenters. The monoisotopic (exact) mass is 275 g/mol. The van der Waals surface area contributed by atoms with Gasteiger partial charge < -0.3 is 15.2 Å². The van der Waals surface area contributed by atoms with Crippen LogP contribution in [0.3, 0.4) is 0 Å². The minimum atomic E-state index is -1.12. The summed E-state index contributed by atoms with van der Waals surface area (Å²) in [6, 6.07) is 6.82. The number of benzene rings is 1. The Bertz CT molecular complexity index is 523. The second-order valence-corrected chi connectivity index (χ2v) is 4.06. The second-order valence-electron chi connectivity index (χ2n) is 4.06. The molecule has 0 heterocycles. The van der Waals surface area contributed by atoms with Gasteiger partial charge in [-0.15, -0.1) is 5.92 Å². The maximum absolute atomic E-state index is 11.9. The summed E-state index contributed by atoms with van der Waals surface area (Å²) in [5, 5.41) is 0. The zero-order chi connectivity index (χ0) is 15.1. The predicted octanol–water partition coefficient (Wildman–Crippen LogP) is 1.34. The van der Waals surface area contributed by atoms with E-state index in [9.17, 15) is 9.59 Å². The van der Waals surface area contributed by atoms with E-state index in [2.05, 4.69) is 21.3 Å². The highest BCUT2D eigenvalue weighted by molar-refractivity contribution is 5.96. The highest BCUT2D eigenvalue weighted by Gasteiger charge is 2.37. The van der Waals surface area contributed by atoms with Crippen LogP contribution in [0.1, 0.15) is 18.4 Å². The quantitative estimate of drug-likeness (QED) is 0.388. The molecule has 0 fully saturated rings. The van der Waals surface area contributed by atoms with Gasteiger partial charge in [-0.2, -0.15) is 0 Å². The van der Waals surface area contributed by atoms with Crippen molar-refractivity contribution in [3.05, 3.63) is 29.8 Å². The molecule has 0 radical (unpaired) electrons. The van der Waals surface area contributed by atoms with Crippen molar-refractivity contribution in [2.24, 2.45) is 5.92 Å². The smallest absolute Gasteiger partial charge is 0.321 e. The third kappa shape index (κ3) is 3.51. The molecule has 0 saturated heterocycles. The van der Waals surface area contributed by atoms with E-state index in [4.69, 9.17) is 5.73 Å². The van der Waals surface area contributed by atoms with Gasteiger partial charge in [0.05, 0.1) is 20.1 Å². The van der Waals surface area contributed by atoms with Gasteiger partial charge in [0.2, 0.25) is 0 Å². The molecule has 5 heteroatoms. The summed E-state index contributed by atoms with van der Waals surface area (Å²) in [5.74, 6) is 2.46. The van der Waals surface area contributed by atoms with E-state index in [0.717, 1.165) is 0 Å². The SMILES string of the molecule is CC#C[C@H](c1ccc(N)cc1)C(C(=O)OC)C(=O)OC. The summed E-state index contributed by atoms with van der Waals surface area (Å²) in [6.07, 6.45) is 0. The number of nitrogens with two attached hydrogens (primary N) is 1. The number of nitrogen functional groups attached to an aromatic ring is 1. The number of rotatable bonds is 4. The third-order valence-corrected chi connectivity index (χ3v) is 2.84. The summed E-state index contributed by atoms with van der Waals surface area (Å²) < 4.78 is 9.35. The standard InChI is InChI=1S/C15H17NO4/c1-4-5-12(10-6-8-11(16)9-7-10)13(14(17)19-2)15(18)20-3/h6-9,12-13H,16H2,1-3H3/t12-/m1/s1. The lowest BCUT2D eigenvalue weighted by Gasteiger charge is -2.19. The molecule has 1 aromatic rings. The Balaban J connectivity index is 3.26. The first-order valence-corrected chi connectivity index (χ1v) is 5.98. The molecule has 2 N–H and O–H groups in total. The van der Waals surface area contributed by atoms with Crippen molar-refractivity contribution < 1.29 is 19.1 Å². The lowest BCUT2D eigenvalue weighted by atomic mass is 9.86. The summed E-state index contributed by atoms with van der Waals surface area (Å²) in [7, 11) is 2.44. The van der Waals surface area contributed by atoms with Crippen molar-refractivity contribution in [3.8, 4) is 11.8 Å². The minimum Gasteiger partial charge on any atom is -0.468 e. The molecule has 1 atom stereocenters. The molecule has 0 saturated carbocycles. The van der Waals surface area contributed by atoms with Crippen molar-refractivity contribution >= 4 is 17.6 Å². The summed E-state index contributed by atoms with van der Waals surface area (Å²) >= 11 is 0. The van der Waals surface area contributed by atoms with E-state index in [1.807, 2.05) is 0 Å². The number of hydrogen-bond donors (Lipinski definition) is 1. The average Bonchev–Trinajstić information content (AvgIpc) is 2.47. The van der Waals surface area contributed by atoms with Gasteiger partial charge in [0.15, 0.2) is 5.92 Å². The molecule has 5 nitrogen and oxygen atoms in total. The molecule has 20 heavy (non-hydrogen) atoms. The molecule has 0 aliphatic carbocycles. The largest absolute Gasteiger partial charge is 0.468 e. The van der Waals surface area contributed by atoms with E-state index < -0.39 is 23.8 Å². The molecule has 0 aliphatic heterocycles. The van der Waals surface area contributed by atoms with Gasteiger partial charge in [-0.05, 0) is 24.6 Å². The third-order valence-electron chi connectivity index (χ3n) is 2.84. The Hall–Kier alpha value is -2.48. The zero-order valence-corrected chi connectivity index (χ0v) is 11.7. The molecule has 0 aromatic heterocycles. The summed E-state index contributed by atoms with van der Waals surface area (Å²) in [6.45, 7) is 1.63.